The average molecular weight is 729 g/mol. The predicted octanol–water partition coefficient (Wildman–Crippen LogP) is 11.9. The Morgan fingerprint density at radius 1 is 0.464 bits per heavy atom. The Kier molecular flexibility index (Phi) is 8.21. The number of hydrogen-bond acceptors (Lipinski definition) is 6. The molecule has 270 valence electrons. The van der Waals surface area contributed by atoms with Gasteiger partial charge in [0.1, 0.15) is 34.6 Å². The summed E-state index contributed by atoms with van der Waals surface area (Å²) in [6.07, 6.45) is 8.36. The topological polar surface area (TPSA) is 79.9 Å². The maximum absolute atomic E-state index is 6.70. The maximum Gasteiger partial charge on any atom is 0.159 e. The molecule has 5 aromatic heterocycles. The third kappa shape index (κ3) is 6.07. The van der Waals surface area contributed by atoms with Crippen molar-refractivity contribution in [1.29, 1.82) is 0 Å². The number of ether oxygens (including phenoxy) is 2. The molecule has 10 aromatic rings. The number of rotatable bonds is 9. The molecule has 0 aliphatic carbocycles. The van der Waals surface area contributed by atoms with Crippen molar-refractivity contribution >= 4 is 43.6 Å². The minimum Gasteiger partial charge on any atom is -0.457 e. The van der Waals surface area contributed by atoms with E-state index in [4.69, 9.17) is 29.4 Å². The molecular weight excluding hydrogens is 693 g/mol. The summed E-state index contributed by atoms with van der Waals surface area (Å²) in [5.41, 5.74) is 6.02. The first kappa shape index (κ1) is 33.3. The van der Waals surface area contributed by atoms with Crippen LogP contribution in [0.3, 0.4) is 0 Å². The van der Waals surface area contributed by atoms with E-state index in [0.717, 1.165) is 72.8 Å². The lowest BCUT2D eigenvalue weighted by Gasteiger charge is -2.13. The summed E-state index contributed by atoms with van der Waals surface area (Å²) in [5.74, 6) is 5.31. The standard InChI is InChI=1S/C48H36N6O2/c1-31(2)23-32-29-51-48(52-30-32)33-24-36(55-34-17-19-40-38-11-3-5-13-42(38)53(44(40)27-34)46-15-7-9-21-49-46)26-37(25-33)56-35-18-20-41-39-12-4-6-14-43(39)54(45(41)28-35)47-16-8-10-22-50-47/h3-22,24-31H,23H2,1-2H3. The van der Waals surface area contributed by atoms with Crippen LogP contribution in [0.15, 0.2) is 164 Å². The minimum absolute atomic E-state index is 0.503. The smallest absolute Gasteiger partial charge is 0.159 e. The van der Waals surface area contributed by atoms with Gasteiger partial charge >= 0.3 is 0 Å². The summed E-state index contributed by atoms with van der Waals surface area (Å²) in [6, 6.07) is 46.9. The van der Waals surface area contributed by atoms with E-state index in [0.29, 0.717) is 34.7 Å². The van der Waals surface area contributed by atoms with Crippen molar-refractivity contribution in [3.05, 3.63) is 170 Å². The lowest BCUT2D eigenvalue weighted by molar-refractivity contribution is 0.461. The van der Waals surface area contributed by atoms with Crippen molar-refractivity contribution in [2.45, 2.75) is 20.3 Å². The first-order valence-electron chi connectivity index (χ1n) is 18.8. The highest BCUT2D eigenvalue weighted by molar-refractivity contribution is 6.10. The Hall–Kier alpha value is -7.32. The molecule has 0 saturated carbocycles. The normalized spacial score (nSPS) is 11.6. The highest BCUT2D eigenvalue weighted by Crippen LogP contribution is 2.39. The quantitative estimate of drug-likeness (QED) is 0.147. The highest BCUT2D eigenvalue weighted by Gasteiger charge is 2.17. The molecule has 0 saturated heterocycles. The first-order valence-corrected chi connectivity index (χ1v) is 18.8. The van der Waals surface area contributed by atoms with Gasteiger partial charge in [0, 0.05) is 70.1 Å². The van der Waals surface area contributed by atoms with Crippen LogP contribution in [0, 0.1) is 5.92 Å². The first-order chi connectivity index (χ1) is 27.6. The van der Waals surface area contributed by atoms with Gasteiger partial charge in [-0.25, -0.2) is 19.9 Å². The van der Waals surface area contributed by atoms with Crippen LogP contribution in [0.2, 0.25) is 0 Å². The van der Waals surface area contributed by atoms with Crippen molar-refractivity contribution in [3.63, 3.8) is 0 Å². The molecule has 0 atom stereocenters. The number of nitrogens with zero attached hydrogens (tertiary/aromatic N) is 6. The molecule has 0 radical (unpaired) electrons. The number of hydrogen-bond donors (Lipinski definition) is 0. The Labute approximate surface area is 323 Å². The lowest BCUT2D eigenvalue weighted by atomic mass is 10.1. The van der Waals surface area contributed by atoms with E-state index in [9.17, 15) is 0 Å². The Morgan fingerprint density at radius 3 is 1.43 bits per heavy atom. The van der Waals surface area contributed by atoms with Crippen molar-refractivity contribution in [3.8, 4) is 46.0 Å². The molecule has 10 rings (SSSR count). The molecule has 8 heteroatoms. The third-order valence-corrected chi connectivity index (χ3v) is 10.0. The second-order valence-corrected chi connectivity index (χ2v) is 14.3. The monoisotopic (exact) mass is 728 g/mol. The molecule has 0 aliphatic rings. The second kappa shape index (κ2) is 13.8. The van der Waals surface area contributed by atoms with Crippen LogP contribution in [0.1, 0.15) is 19.4 Å². The molecule has 0 bridgehead atoms. The van der Waals surface area contributed by atoms with Crippen molar-refractivity contribution in [1.82, 2.24) is 29.1 Å². The van der Waals surface area contributed by atoms with Crippen LogP contribution in [0.5, 0.6) is 23.0 Å². The minimum atomic E-state index is 0.503. The van der Waals surface area contributed by atoms with E-state index in [1.54, 1.807) is 0 Å². The fourth-order valence-electron chi connectivity index (χ4n) is 7.66. The molecular formula is C48H36N6O2. The third-order valence-electron chi connectivity index (χ3n) is 10.0. The van der Waals surface area contributed by atoms with Crippen molar-refractivity contribution < 1.29 is 9.47 Å². The fourth-order valence-corrected chi connectivity index (χ4v) is 7.66. The van der Waals surface area contributed by atoms with Gasteiger partial charge < -0.3 is 9.47 Å². The van der Waals surface area contributed by atoms with Crippen molar-refractivity contribution in [2.24, 2.45) is 5.92 Å². The van der Waals surface area contributed by atoms with Crippen LogP contribution < -0.4 is 9.47 Å². The van der Waals surface area contributed by atoms with E-state index < -0.39 is 0 Å². The summed E-state index contributed by atoms with van der Waals surface area (Å²) in [5, 5.41) is 4.53. The average Bonchev–Trinajstić information content (AvgIpc) is 3.73. The van der Waals surface area contributed by atoms with Gasteiger partial charge in [-0.15, -0.1) is 0 Å². The van der Waals surface area contributed by atoms with E-state index in [1.807, 2.05) is 91.5 Å². The Balaban J connectivity index is 1.07. The molecule has 5 aromatic carbocycles. The van der Waals surface area contributed by atoms with Crippen LogP contribution in [-0.2, 0) is 6.42 Å². The van der Waals surface area contributed by atoms with Crippen LogP contribution in [-0.4, -0.2) is 29.1 Å². The van der Waals surface area contributed by atoms with Gasteiger partial charge in [-0.05, 0) is 90.7 Å². The Morgan fingerprint density at radius 2 is 0.946 bits per heavy atom. The largest absolute Gasteiger partial charge is 0.457 e. The molecule has 0 spiro atoms. The van der Waals surface area contributed by atoms with Gasteiger partial charge in [-0.2, -0.15) is 0 Å². The molecule has 0 aliphatic heterocycles. The number of fused-ring (bicyclic) bond motifs is 6. The second-order valence-electron chi connectivity index (χ2n) is 14.3. The van der Waals surface area contributed by atoms with Crippen LogP contribution in [0.25, 0.3) is 66.6 Å². The highest BCUT2D eigenvalue weighted by atomic mass is 16.5. The fraction of sp³-hybridized carbons (Fsp3) is 0.0833. The number of para-hydroxylation sites is 2. The van der Waals surface area contributed by atoms with Gasteiger partial charge in [0.15, 0.2) is 5.82 Å². The van der Waals surface area contributed by atoms with E-state index in [2.05, 4.69) is 95.8 Å². The molecule has 0 N–H and O–H groups in total. The molecule has 0 unspecified atom stereocenters. The van der Waals surface area contributed by atoms with Gasteiger partial charge in [0.2, 0.25) is 0 Å². The lowest BCUT2D eigenvalue weighted by Crippen LogP contribution is -1.98. The summed E-state index contributed by atoms with van der Waals surface area (Å²) >= 11 is 0. The van der Waals surface area contributed by atoms with Gasteiger partial charge in [-0.3, -0.25) is 9.13 Å². The summed E-state index contributed by atoms with van der Waals surface area (Å²) in [4.78, 5) is 18.9. The molecule has 0 fully saturated rings. The SMILES string of the molecule is CC(C)Cc1cnc(-c2cc(Oc3ccc4c5ccccc5n(-c5ccccn5)c4c3)cc(Oc3ccc4c5ccccc5n(-c5ccccn5)c4c3)c2)nc1. The Bertz CT molecular complexity index is 2850. The number of aromatic nitrogens is 6. The zero-order valence-electron chi connectivity index (χ0n) is 30.9. The summed E-state index contributed by atoms with van der Waals surface area (Å²) in [7, 11) is 0. The van der Waals surface area contributed by atoms with Crippen LogP contribution in [0.4, 0.5) is 0 Å². The number of pyridine rings is 2. The van der Waals surface area contributed by atoms with Crippen LogP contribution >= 0.6 is 0 Å². The maximum atomic E-state index is 6.70. The zero-order valence-corrected chi connectivity index (χ0v) is 30.9. The van der Waals surface area contributed by atoms with Gasteiger partial charge in [-0.1, -0.05) is 62.4 Å². The number of benzene rings is 5. The molecule has 56 heavy (non-hydrogen) atoms. The predicted molar refractivity (Wildman–Crippen MR) is 223 cm³/mol. The van der Waals surface area contributed by atoms with Gasteiger partial charge in [0.25, 0.3) is 0 Å². The summed E-state index contributed by atoms with van der Waals surface area (Å²) in [6.45, 7) is 4.39. The molecule has 8 nitrogen and oxygen atoms in total. The van der Waals surface area contributed by atoms with Crippen molar-refractivity contribution in [2.75, 3.05) is 0 Å². The van der Waals surface area contributed by atoms with E-state index >= 15 is 0 Å². The van der Waals surface area contributed by atoms with E-state index in [-0.39, 0.29) is 0 Å². The van der Waals surface area contributed by atoms with E-state index in [1.165, 1.54) is 0 Å². The zero-order chi connectivity index (χ0) is 37.6. The molecule has 5 heterocycles. The summed E-state index contributed by atoms with van der Waals surface area (Å²) < 4.78 is 17.7. The van der Waals surface area contributed by atoms with Gasteiger partial charge in [0.05, 0.1) is 22.1 Å². The molecule has 0 amide bonds.